The van der Waals surface area contributed by atoms with Crippen LogP contribution in [0.3, 0.4) is 0 Å². The molecule has 0 unspecified atom stereocenters. The number of unbranched alkanes of at least 4 members (excludes halogenated alkanes) is 1. The standard InChI is InChI=1S/C28H35N3O2S/c1-2-3-10-22-13-15-23(16-14-22)29-27(32)21-34-26-19-31(25-12-7-6-11-24(25)26)20-28(33)30-17-8-4-5-9-18-30/h6-7,11-16,19H,2-5,8-10,17-18,20-21H2,1H3,(H,29,32). The summed E-state index contributed by atoms with van der Waals surface area (Å²) in [4.78, 5) is 28.6. The molecule has 0 spiro atoms. The first-order valence-corrected chi connectivity index (χ1v) is 13.5. The number of hydrogen-bond acceptors (Lipinski definition) is 3. The van der Waals surface area contributed by atoms with Gasteiger partial charge < -0.3 is 14.8 Å². The molecule has 0 saturated carbocycles. The quantitative estimate of drug-likeness (QED) is 0.378. The van der Waals surface area contributed by atoms with Crippen molar-refractivity contribution in [1.29, 1.82) is 0 Å². The summed E-state index contributed by atoms with van der Waals surface area (Å²) in [6.07, 6.45) is 10.1. The Morgan fingerprint density at radius 3 is 2.44 bits per heavy atom. The van der Waals surface area contributed by atoms with Crippen molar-refractivity contribution in [1.82, 2.24) is 9.47 Å². The normalized spacial score (nSPS) is 14.2. The third-order valence-corrected chi connectivity index (χ3v) is 7.47. The molecule has 34 heavy (non-hydrogen) atoms. The van der Waals surface area contributed by atoms with Crippen molar-refractivity contribution in [2.45, 2.75) is 63.3 Å². The molecule has 3 aromatic rings. The second-order valence-corrected chi connectivity index (χ2v) is 10.1. The summed E-state index contributed by atoms with van der Waals surface area (Å²) < 4.78 is 2.04. The minimum absolute atomic E-state index is 0.0243. The minimum atomic E-state index is -0.0243. The van der Waals surface area contributed by atoms with Gasteiger partial charge in [-0.15, -0.1) is 11.8 Å². The summed E-state index contributed by atoms with van der Waals surface area (Å²) in [6.45, 7) is 4.26. The Labute approximate surface area is 206 Å². The van der Waals surface area contributed by atoms with Gasteiger partial charge in [-0.25, -0.2) is 0 Å². The fourth-order valence-electron chi connectivity index (χ4n) is 4.50. The van der Waals surface area contributed by atoms with Crippen molar-refractivity contribution < 1.29 is 9.59 Å². The number of fused-ring (bicyclic) bond motifs is 1. The van der Waals surface area contributed by atoms with E-state index in [1.54, 1.807) is 0 Å². The van der Waals surface area contributed by atoms with Crippen molar-refractivity contribution in [3.05, 3.63) is 60.3 Å². The van der Waals surface area contributed by atoms with Crippen LogP contribution in [0, 0.1) is 0 Å². The Kier molecular flexibility index (Phi) is 8.69. The number of anilines is 1. The first-order chi connectivity index (χ1) is 16.6. The third-order valence-electron chi connectivity index (χ3n) is 6.43. The summed E-state index contributed by atoms with van der Waals surface area (Å²) in [5, 5.41) is 4.09. The van der Waals surface area contributed by atoms with Gasteiger partial charge in [-0.1, -0.05) is 56.5 Å². The van der Waals surface area contributed by atoms with E-state index in [4.69, 9.17) is 0 Å². The van der Waals surface area contributed by atoms with Crippen LogP contribution in [0.25, 0.3) is 10.9 Å². The van der Waals surface area contributed by atoms with Crippen molar-refractivity contribution in [3.63, 3.8) is 0 Å². The van der Waals surface area contributed by atoms with E-state index >= 15 is 0 Å². The van der Waals surface area contributed by atoms with Crippen molar-refractivity contribution in [2.75, 3.05) is 24.2 Å². The number of likely N-dealkylation sites (tertiary alicyclic amines) is 1. The molecule has 5 nitrogen and oxygen atoms in total. The van der Waals surface area contributed by atoms with Crippen LogP contribution < -0.4 is 5.32 Å². The average Bonchev–Trinajstić information content (AvgIpc) is 3.01. The maximum Gasteiger partial charge on any atom is 0.242 e. The van der Waals surface area contributed by atoms with Gasteiger partial charge in [-0.05, 0) is 49.4 Å². The van der Waals surface area contributed by atoms with Crippen LogP contribution in [0.2, 0.25) is 0 Å². The van der Waals surface area contributed by atoms with E-state index in [1.807, 2.05) is 39.9 Å². The molecule has 2 heterocycles. The Balaban J connectivity index is 1.38. The van der Waals surface area contributed by atoms with Crippen LogP contribution in [0.15, 0.2) is 59.6 Å². The van der Waals surface area contributed by atoms with E-state index in [9.17, 15) is 9.59 Å². The minimum Gasteiger partial charge on any atom is -0.341 e. The summed E-state index contributed by atoms with van der Waals surface area (Å²) in [7, 11) is 0. The number of hydrogen-bond donors (Lipinski definition) is 1. The van der Waals surface area contributed by atoms with Crippen LogP contribution >= 0.6 is 11.8 Å². The largest absolute Gasteiger partial charge is 0.341 e. The predicted molar refractivity (Wildman–Crippen MR) is 141 cm³/mol. The van der Waals surface area contributed by atoms with Gasteiger partial charge in [-0.3, -0.25) is 9.59 Å². The van der Waals surface area contributed by atoms with E-state index in [0.29, 0.717) is 12.3 Å². The molecule has 0 bridgehead atoms. The van der Waals surface area contributed by atoms with Gasteiger partial charge in [-0.2, -0.15) is 0 Å². The van der Waals surface area contributed by atoms with Crippen LogP contribution in [-0.2, 0) is 22.6 Å². The van der Waals surface area contributed by atoms with E-state index in [0.717, 1.165) is 53.8 Å². The molecule has 1 fully saturated rings. The van der Waals surface area contributed by atoms with Gasteiger partial charge in [0.2, 0.25) is 11.8 Å². The number of aryl methyl sites for hydroxylation is 1. The molecule has 1 saturated heterocycles. The molecule has 2 amide bonds. The van der Waals surface area contributed by atoms with E-state index in [-0.39, 0.29) is 11.8 Å². The van der Waals surface area contributed by atoms with Crippen molar-refractivity contribution >= 4 is 40.2 Å². The number of rotatable bonds is 9. The zero-order chi connectivity index (χ0) is 23.8. The molecule has 1 aliphatic heterocycles. The number of para-hydroxylation sites is 1. The van der Waals surface area contributed by atoms with Crippen molar-refractivity contribution in [3.8, 4) is 0 Å². The number of aromatic nitrogens is 1. The number of carbonyl (C=O) groups excluding carboxylic acids is 2. The monoisotopic (exact) mass is 477 g/mol. The zero-order valence-corrected chi connectivity index (χ0v) is 20.9. The van der Waals surface area contributed by atoms with E-state index < -0.39 is 0 Å². The predicted octanol–water partition coefficient (Wildman–Crippen LogP) is 6.12. The summed E-state index contributed by atoms with van der Waals surface area (Å²) in [6, 6.07) is 16.3. The molecule has 1 aromatic heterocycles. The van der Waals surface area contributed by atoms with Crippen LogP contribution in [0.4, 0.5) is 5.69 Å². The number of benzene rings is 2. The van der Waals surface area contributed by atoms with Crippen LogP contribution in [0.1, 0.15) is 51.0 Å². The molecule has 1 N–H and O–H groups in total. The highest BCUT2D eigenvalue weighted by molar-refractivity contribution is 8.00. The SMILES string of the molecule is CCCCc1ccc(NC(=O)CSc2cn(CC(=O)N3CCCCCC3)c3ccccc23)cc1. The molecule has 1 aliphatic rings. The fourth-order valence-corrected chi connectivity index (χ4v) is 5.39. The molecule has 6 heteroatoms. The van der Waals surface area contributed by atoms with Gasteiger partial charge >= 0.3 is 0 Å². The molecule has 0 aliphatic carbocycles. The topological polar surface area (TPSA) is 54.3 Å². The first-order valence-electron chi connectivity index (χ1n) is 12.5. The maximum atomic E-state index is 13.0. The molecule has 0 atom stereocenters. The van der Waals surface area contributed by atoms with E-state index in [2.05, 4.69) is 36.5 Å². The number of nitrogens with zero attached hydrogens (tertiary/aromatic N) is 2. The lowest BCUT2D eigenvalue weighted by atomic mass is 10.1. The van der Waals surface area contributed by atoms with E-state index in [1.165, 1.54) is 43.0 Å². The smallest absolute Gasteiger partial charge is 0.242 e. The van der Waals surface area contributed by atoms with Crippen LogP contribution in [-0.4, -0.2) is 40.1 Å². The lowest BCUT2D eigenvalue weighted by Gasteiger charge is -2.20. The van der Waals surface area contributed by atoms with Gasteiger partial charge in [0.05, 0.1) is 5.75 Å². The Morgan fingerprint density at radius 1 is 0.971 bits per heavy atom. The highest BCUT2D eigenvalue weighted by Gasteiger charge is 2.18. The van der Waals surface area contributed by atoms with Gasteiger partial charge in [0, 0.05) is 40.8 Å². The lowest BCUT2D eigenvalue weighted by molar-refractivity contribution is -0.131. The lowest BCUT2D eigenvalue weighted by Crippen LogP contribution is -2.34. The Hall–Kier alpha value is -2.73. The summed E-state index contributed by atoms with van der Waals surface area (Å²) in [5.41, 5.74) is 3.17. The number of nitrogens with one attached hydrogen (secondary N) is 1. The molecule has 4 rings (SSSR count). The zero-order valence-electron chi connectivity index (χ0n) is 20.1. The second-order valence-electron chi connectivity index (χ2n) is 9.07. The molecular formula is C28H35N3O2S. The number of thioether (sulfide) groups is 1. The number of amides is 2. The Bertz CT molecular complexity index is 1100. The summed E-state index contributed by atoms with van der Waals surface area (Å²) in [5.74, 6) is 0.481. The van der Waals surface area contributed by atoms with Gasteiger partial charge in [0.1, 0.15) is 6.54 Å². The summed E-state index contributed by atoms with van der Waals surface area (Å²) >= 11 is 1.52. The average molecular weight is 478 g/mol. The van der Waals surface area contributed by atoms with Crippen LogP contribution in [0.5, 0.6) is 0 Å². The molecule has 2 aromatic carbocycles. The third kappa shape index (κ3) is 6.44. The second kappa shape index (κ2) is 12.1. The molecular weight excluding hydrogens is 442 g/mol. The fraction of sp³-hybridized carbons (Fsp3) is 0.429. The number of carbonyl (C=O) groups is 2. The van der Waals surface area contributed by atoms with Gasteiger partial charge in [0.15, 0.2) is 0 Å². The van der Waals surface area contributed by atoms with Crippen molar-refractivity contribution in [2.24, 2.45) is 0 Å². The molecule has 180 valence electrons. The Morgan fingerprint density at radius 2 is 1.71 bits per heavy atom. The molecule has 0 radical (unpaired) electrons. The first kappa shape index (κ1) is 24.4. The van der Waals surface area contributed by atoms with Gasteiger partial charge in [0.25, 0.3) is 0 Å². The maximum absolute atomic E-state index is 13.0. The highest BCUT2D eigenvalue weighted by atomic mass is 32.2. The highest BCUT2D eigenvalue weighted by Crippen LogP contribution is 2.30.